The van der Waals surface area contributed by atoms with E-state index in [1.54, 1.807) is 0 Å². The topological polar surface area (TPSA) is 15.3 Å². The first kappa shape index (κ1) is 15.3. The van der Waals surface area contributed by atoms with Crippen LogP contribution in [0.2, 0.25) is 5.02 Å². The smallest absolute Gasteiger partial charge is 0.0406 e. The molecule has 3 heteroatoms. The van der Waals surface area contributed by atoms with Gasteiger partial charge in [0.25, 0.3) is 0 Å². The van der Waals surface area contributed by atoms with Gasteiger partial charge in [-0.3, -0.25) is 4.90 Å². The van der Waals surface area contributed by atoms with Crippen LogP contribution in [0.25, 0.3) is 0 Å². The van der Waals surface area contributed by atoms with Crippen molar-refractivity contribution in [2.75, 3.05) is 13.1 Å². The van der Waals surface area contributed by atoms with Crippen molar-refractivity contribution in [3.05, 3.63) is 34.9 Å². The second-order valence-corrected chi connectivity index (χ2v) is 7.65. The normalized spacial score (nSPS) is 25.8. The molecule has 21 heavy (non-hydrogen) atoms. The van der Waals surface area contributed by atoms with Gasteiger partial charge in [0.05, 0.1) is 0 Å². The van der Waals surface area contributed by atoms with E-state index >= 15 is 0 Å². The highest BCUT2D eigenvalue weighted by atomic mass is 35.5. The molecular formula is C18H27ClN2. The highest BCUT2D eigenvalue weighted by Crippen LogP contribution is 2.34. The summed E-state index contributed by atoms with van der Waals surface area (Å²) in [7, 11) is 0. The zero-order valence-corrected chi connectivity index (χ0v) is 14.0. The summed E-state index contributed by atoms with van der Waals surface area (Å²) >= 11 is 6.01. The van der Waals surface area contributed by atoms with E-state index < -0.39 is 0 Å². The summed E-state index contributed by atoms with van der Waals surface area (Å²) in [5, 5.41) is 4.71. The number of nitrogens with one attached hydrogen (secondary N) is 1. The van der Waals surface area contributed by atoms with E-state index in [1.165, 1.54) is 37.8 Å². The van der Waals surface area contributed by atoms with Gasteiger partial charge in [0.15, 0.2) is 0 Å². The van der Waals surface area contributed by atoms with Crippen LogP contribution >= 0.6 is 11.6 Å². The molecule has 2 nitrogen and oxygen atoms in total. The predicted molar refractivity (Wildman–Crippen MR) is 89.7 cm³/mol. The lowest BCUT2D eigenvalue weighted by Crippen LogP contribution is -2.63. The third-order valence-electron chi connectivity index (χ3n) is 5.29. The molecule has 1 aromatic carbocycles. The van der Waals surface area contributed by atoms with Gasteiger partial charge in [-0.05, 0) is 36.5 Å². The molecule has 1 atom stereocenters. The largest absolute Gasteiger partial charge is 0.308 e. The van der Waals surface area contributed by atoms with Gasteiger partial charge in [0.1, 0.15) is 0 Å². The highest BCUT2D eigenvalue weighted by Gasteiger charge is 2.41. The zero-order valence-electron chi connectivity index (χ0n) is 13.2. The Bertz CT molecular complexity index is 463. The molecule has 2 fully saturated rings. The molecule has 1 saturated heterocycles. The molecule has 1 unspecified atom stereocenters. The Balaban J connectivity index is 1.75. The molecule has 1 aromatic rings. The maximum Gasteiger partial charge on any atom is 0.0406 e. The Kier molecular flexibility index (Phi) is 4.58. The summed E-state index contributed by atoms with van der Waals surface area (Å²) in [6, 6.07) is 8.99. The van der Waals surface area contributed by atoms with Crippen molar-refractivity contribution in [1.82, 2.24) is 10.2 Å². The molecule has 1 N–H and O–H groups in total. The number of halogens is 1. The Morgan fingerprint density at radius 3 is 2.52 bits per heavy atom. The lowest BCUT2D eigenvalue weighted by atomic mass is 9.88. The van der Waals surface area contributed by atoms with Gasteiger partial charge >= 0.3 is 0 Å². The Hall–Kier alpha value is -0.570. The van der Waals surface area contributed by atoms with E-state index in [9.17, 15) is 0 Å². The Morgan fingerprint density at radius 2 is 1.90 bits per heavy atom. The zero-order chi connectivity index (χ0) is 14.9. The molecule has 0 radical (unpaired) electrons. The van der Waals surface area contributed by atoms with Crippen LogP contribution < -0.4 is 5.32 Å². The minimum atomic E-state index is 0.387. The van der Waals surface area contributed by atoms with Gasteiger partial charge in [0.2, 0.25) is 0 Å². The third-order valence-corrected chi connectivity index (χ3v) is 5.54. The molecule has 1 aliphatic heterocycles. The van der Waals surface area contributed by atoms with E-state index in [-0.39, 0.29) is 0 Å². The Labute approximate surface area is 133 Å². The van der Waals surface area contributed by atoms with Crippen molar-refractivity contribution in [2.24, 2.45) is 5.92 Å². The van der Waals surface area contributed by atoms with Crippen molar-refractivity contribution in [2.45, 2.75) is 57.7 Å². The molecule has 1 heterocycles. The molecule has 116 valence electrons. The Morgan fingerprint density at radius 1 is 1.24 bits per heavy atom. The monoisotopic (exact) mass is 306 g/mol. The highest BCUT2D eigenvalue weighted by molar-refractivity contribution is 6.30. The van der Waals surface area contributed by atoms with Gasteiger partial charge in [0, 0.05) is 36.2 Å². The fraction of sp³-hybridized carbons (Fsp3) is 0.667. The molecule has 0 amide bonds. The molecular weight excluding hydrogens is 280 g/mol. The van der Waals surface area contributed by atoms with Crippen LogP contribution in [0, 0.1) is 5.92 Å². The van der Waals surface area contributed by atoms with Gasteiger partial charge in [-0.25, -0.2) is 0 Å². The first-order chi connectivity index (χ1) is 10.1. The average Bonchev–Trinajstić information content (AvgIpc) is 2.89. The van der Waals surface area contributed by atoms with Crippen LogP contribution in [-0.4, -0.2) is 29.6 Å². The number of hydrogen-bond donors (Lipinski definition) is 1. The van der Waals surface area contributed by atoms with Crippen LogP contribution in [0.15, 0.2) is 24.3 Å². The lowest BCUT2D eigenvalue weighted by molar-refractivity contribution is 0.0507. The van der Waals surface area contributed by atoms with E-state index in [4.69, 9.17) is 11.6 Å². The summed E-state index contributed by atoms with van der Waals surface area (Å²) in [5.74, 6) is 0.684. The number of benzene rings is 1. The fourth-order valence-corrected chi connectivity index (χ4v) is 4.18. The third kappa shape index (κ3) is 3.44. The predicted octanol–water partition coefficient (Wildman–Crippen LogP) is 4.08. The van der Waals surface area contributed by atoms with Crippen molar-refractivity contribution in [1.29, 1.82) is 0 Å². The maximum absolute atomic E-state index is 6.01. The van der Waals surface area contributed by atoms with E-state index in [2.05, 4.69) is 36.2 Å². The van der Waals surface area contributed by atoms with Crippen LogP contribution in [-0.2, 0) is 6.54 Å². The summed E-state index contributed by atoms with van der Waals surface area (Å²) < 4.78 is 0. The number of hydrogen-bond acceptors (Lipinski definition) is 2. The minimum Gasteiger partial charge on any atom is -0.308 e. The average molecular weight is 307 g/mol. The number of rotatable bonds is 3. The summed E-state index contributed by atoms with van der Waals surface area (Å²) in [6.07, 6.45) is 5.45. The molecule has 0 bridgehead atoms. The quantitative estimate of drug-likeness (QED) is 0.905. The number of piperazine rings is 1. The maximum atomic E-state index is 6.01. The second-order valence-electron chi connectivity index (χ2n) is 7.21. The lowest BCUT2D eigenvalue weighted by Gasteiger charge is -2.48. The standard InChI is InChI=1S/C18H27ClN2/c1-14(2)17-11-20-18(9-3-4-10-18)13-21(17)12-15-5-7-16(19)8-6-15/h5-8,14,17,20H,3-4,9-13H2,1-2H3. The van der Waals surface area contributed by atoms with Crippen LogP contribution in [0.5, 0.6) is 0 Å². The second kappa shape index (κ2) is 6.28. The first-order valence-electron chi connectivity index (χ1n) is 8.32. The van der Waals surface area contributed by atoms with Crippen LogP contribution in [0.1, 0.15) is 45.1 Å². The van der Waals surface area contributed by atoms with Crippen molar-refractivity contribution < 1.29 is 0 Å². The minimum absolute atomic E-state index is 0.387. The molecule has 0 aromatic heterocycles. The molecule has 1 spiro atoms. The molecule has 1 aliphatic carbocycles. The molecule has 3 rings (SSSR count). The molecule has 2 aliphatic rings. The number of nitrogens with zero attached hydrogens (tertiary/aromatic N) is 1. The van der Waals surface area contributed by atoms with Gasteiger partial charge in [-0.2, -0.15) is 0 Å². The molecule has 1 saturated carbocycles. The van der Waals surface area contributed by atoms with Crippen LogP contribution in [0.3, 0.4) is 0 Å². The van der Waals surface area contributed by atoms with Crippen LogP contribution in [0.4, 0.5) is 0 Å². The van der Waals surface area contributed by atoms with Gasteiger partial charge < -0.3 is 5.32 Å². The van der Waals surface area contributed by atoms with Gasteiger partial charge in [-0.1, -0.05) is 50.4 Å². The van der Waals surface area contributed by atoms with Crippen molar-refractivity contribution in [3.8, 4) is 0 Å². The fourth-order valence-electron chi connectivity index (χ4n) is 4.05. The van der Waals surface area contributed by atoms with Crippen molar-refractivity contribution >= 4 is 11.6 Å². The SMILES string of the molecule is CC(C)C1CNC2(CCCC2)CN1Cc1ccc(Cl)cc1. The summed E-state index contributed by atoms with van der Waals surface area (Å²) in [5.41, 5.74) is 1.76. The van der Waals surface area contributed by atoms with E-state index in [0.29, 0.717) is 17.5 Å². The summed E-state index contributed by atoms with van der Waals surface area (Å²) in [6.45, 7) is 8.05. The van der Waals surface area contributed by atoms with E-state index in [0.717, 1.165) is 18.1 Å². The van der Waals surface area contributed by atoms with E-state index in [1.807, 2.05) is 12.1 Å². The van der Waals surface area contributed by atoms with Crippen molar-refractivity contribution in [3.63, 3.8) is 0 Å². The van der Waals surface area contributed by atoms with Gasteiger partial charge in [-0.15, -0.1) is 0 Å². The first-order valence-corrected chi connectivity index (χ1v) is 8.69. The summed E-state index contributed by atoms with van der Waals surface area (Å²) in [4.78, 5) is 2.70.